The normalized spacial score (nSPS) is 12.7. The molecule has 6 nitrogen and oxygen atoms in total. The third kappa shape index (κ3) is 3.18. The molecule has 0 aliphatic rings. The van der Waals surface area contributed by atoms with Crippen LogP contribution >= 0.6 is 12.6 Å². The lowest BCUT2D eigenvalue weighted by Gasteiger charge is -2.00. The summed E-state index contributed by atoms with van der Waals surface area (Å²) in [6.07, 6.45) is 1.17. The first-order chi connectivity index (χ1) is 9.61. The van der Waals surface area contributed by atoms with E-state index < -0.39 is 18.0 Å². The second-order valence-corrected chi connectivity index (χ2v) is 4.26. The highest BCUT2D eigenvalue weighted by atomic mass is 32.1. The fraction of sp³-hybridized carbons (Fsp3) is 0.154. The number of aromatic hydroxyl groups is 1. The van der Waals surface area contributed by atoms with Gasteiger partial charge in [0.2, 0.25) is 5.89 Å². The lowest BCUT2D eigenvalue weighted by atomic mass is 10.2. The van der Waals surface area contributed by atoms with E-state index in [1.807, 2.05) is 18.2 Å². The van der Waals surface area contributed by atoms with Gasteiger partial charge in [0.1, 0.15) is 0 Å². The fourth-order valence-corrected chi connectivity index (χ4v) is 1.71. The largest absolute Gasteiger partial charge is 0.480 e. The molecule has 1 aromatic carbocycles. The number of nitrogens with zero attached hydrogens (tertiary/aromatic N) is 2. The van der Waals surface area contributed by atoms with Gasteiger partial charge in [-0.2, -0.15) is 12.6 Å². The quantitative estimate of drug-likeness (QED) is 0.577. The van der Waals surface area contributed by atoms with Crippen molar-refractivity contribution >= 4 is 24.8 Å². The maximum Gasteiger partial charge on any atom is 0.329 e. The number of carbonyl (C=O) groups is 1. The summed E-state index contributed by atoms with van der Waals surface area (Å²) in [6, 6.07) is 8.03. The van der Waals surface area contributed by atoms with Crippen molar-refractivity contribution in [3.05, 3.63) is 36.0 Å². The summed E-state index contributed by atoms with van der Waals surface area (Å²) in [5.41, 5.74) is 0.781. The topological polar surface area (TPSA) is 95.9 Å². The zero-order valence-electron chi connectivity index (χ0n) is 10.3. The van der Waals surface area contributed by atoms with Crippen LogP contribution in [0.4, 0.5) is 0 Å². The molecule has 20 heavy (non-hydrogen) atoms. The summed E-state index contributed by atoms with van der Waals surface area (Å²) in [5.74, 6) is -1.21. The number of rotatable bonds is 5. The smallest absolute Gasteiger partial charge is 0.329 e. The second kappa shape index (κ2) is 6.25. The molecule has 0 aliphatic carbocycles. The van der Waals surface area contributed by atoms with Gasteiger partial charge in [-0.05, 0) is 12.1 Å². The van der Waals surface area contributed by atoms with E-state index in [-0.39, 0.29) is 17.3 Å². The molecule has 2 N–H and O–H groups in total. The molecule has 2 rings (SSSR count). The van der Waals surface area contributed by atoms with E-state index in [0.717, 1.165) is 0 Å². The van der Waals surface area contributed by atoms with Crippen molar-refractivity contribution in [1.29, 1.82) is 0 Å². The first-order valence-electron chi connectivity index (χ1n) is 5.74. The average Bonchev–Trinajstić information content (AvgIpc) is 2.82. The molecule has 0 fully saturated rings. The maximum absolute atomic E-state index is 10.8. The number of thiol groups is 1. The summed E-state index contributed by atoms with van der Waals surface area (Å²) in [5, 5.41) is 18.5. The van der Waals surface area contributed by atoms with Crippen LogP contribution in [-0.2, 0) is 4.79 Å². The molecule has 1 heterocycles. The lowest BCUT2D eigenvalue weighted by molar-refractivity contribution is -0.137. The van der Waals surface area contributed by atoms with E-state index >= 15 is 0 Å². The minimum atomic E-state index is -1.09. The van der Waals surface area contributed by atoms with Crippen LogP contribution in [0, 0.1) is 0 Å². The molecule has 1 unspecified atom stereocenters. The molecule has 2 aromatic rings. The van der Waals surface area contributed by atoms with E-state index in [1.165, 1.54) is 6.21 Å². The molecule has 0 saturated heterocycles. The number of aromatic nitrogens is 1. The van der Waals surface area contributed by atoms with Crippen LogP contribution in [0.3, 0.4) is 0 Å². The minimum Gasteiger partial charge on any atom is -0.480 e. The number of benzene rings is 1. The Morgan fingerprint density at radius 3 is 2.75 bits per heavy atom. The van der Waals surface area contributed by atoms with Crippen molar-refractivity contribution in [2.24, 2.45) is 4.99 Å². The van der Waals surface area contributed by atoms with Gasteiger partial charge in [-0.25, -0.2) is 9.78 Å². The summed E-state index contributed by atoms with van der Waals surface area (Å²) in [4.78, 5) is 18.7. The zero-order chi connectivity index (χ0) is 14.5. The van der Waals surface area contributed by atoms with Crippen molar-refractivity contribution in [2.45, 2.75) is 6.04 Å². The van der Waals surface area contributed by atoms with Crippen LogP contribution in [0.5, 0.6) is 5.95 Å². The number of carboxylic acids is 1. The van der Waals surface area contributed by atoms with Crippen LogP contribution in [0.25, 0.3) is 11.5 Å². The van der Waals surface area contributed by atoms with Crippen molar-refractivity contribution in [3.63, 3.8) is 0 Å². The maximum atomic E-state index is 10.8. The molecule has 0 saturated carbocycles. The summed E-state index contributed by atoms with van der Waals surface area (Å²) < 4.78 is 5.11. The van der Waals surface area contributed by atoms with Crippen LogP contribution in [-0.4, -0.2) is 39.2 Å². The Labute approximate surface area is 120 Å². The monoisotopic (exact) mass is 292 g/mol. The lowest BCUT2D eigenvalue weighted by Crippen LogP contribution is -2.19. The third-order valence-electron chi connectivity index (χ3n) is 2.49. The number of aliphatic imine (C=N–C) groups is 1. The van der Waals surface area contributed by atoms with Crippen molar-refractivity contribution in [1.82, 2.24) is 4.98 Å². The average molecular weight is 292 g/mol. The molecule has 7 heteroatoms. The predicted molar refractivity (Wildman–Crippen MR) is 76.5 cm³/mol. The highest BCUT2D eigenvalue weighted by Crippen LogP contribution is 2.25. The highest BCUT2D eigenvalue weighted by Gasteiger charge is 2.15. The van der Waals surface area contributed by atoms with Gasteiger partial charge in [-0.3, -0.25) is 4.99 Å². The van der Waals surface area contributed by atoms with E-state index in [1.54, 1.807) is 12.1 Å². The molecule has 0 aliphatic heterocycles. The van der Waals surface area contributed by atoms with Gasteiger partial charge in [-0.1, -0.05) is 18.2 Å². The standard InChI is InChI=1S/C13H12N2O4S/c16-12(17)10(7-20)14-6-9-13(18)19-11(15-9)8-4-2-1-3-5-8/h1-6,10,18,20H,7H2,(H,16,17). The molecular formula is C13H12N2O4S. The van der Waals surface area contributed by atoms with Gasteiger partial charge in [-0.15, -0.1) is 0 Å². The SMILES string of the molecule is O=C(O)C(CS)N=Cc1nc(-c2ccccc2)oc1O. The Bertz CT molecular complexity index is 625. The van der Waals surface area contributed by atoms with Gasteiger partial charge < -0.3 is 14.6 Å². The predicted octanol–water partition coefficient (Wildman–Crippen LogP) is 1.85. The highest BCUT2D eigenvalue weighted by molar-refractivity contribution is 7.80. The number of aliphatic carboxylic acids is 1. The van der Waals surface area contributed by atoms with Crippen molar-refractivity contribution in [3.8, 4) is 17.4 Å². The Morgan fingerprint density at radius 2 is 2.15 bits per heavy atom. The van der Waals surface area contributed by atoms with E-state index in [2.05, 4.69) is 22.6 Å². The van der Waals surface area contributed by atoms with Gasteiger partial charge >= 0.3 is 11.9 Å². The molecule has 0 amide bonds. The first-order valence-corrected chi connectivity index (χ1v) is 6.37. The number of hydrogen-bond acceptors (Lipinski definition) is 6. The Balaban J connectivity index is 2.24. The molecule has 0 radical (unpaired) electrons. The van der Waals surface area contributed by atoms with Crippen LogP contribution in [0.15, 0.2) is 39.7 Å². The van der Waals surface area contributed by atoms with E-state index in [0.29, 0.717) is 5.56 Å². The number of oxazole rings is 1. The fourth-order valence-electron chi connectivity index (χ4n) is 1.46. The Kier molecular flexibility index (Phi) is 4.41. The molecule has 0 bridgehead atoms. The summed E-state index contributed by atoms with van der Waals surface area (Å²) in [7, 11) is 0. The van der Waals surface area contributed by atoms with Crippen LogP contribution < -0.4 is 0 Å². The van der Waals surface area contributed by atoms with Crippen molar-refractivity contribution in [2.75, 3.05) is 5.75 Å². The Morgan fingerprint density at radius 1 is 1.45 bits per heavy atom. The Hall–Kier alpha value is -2.28. The number of hydrogen-bond donors (Lipinski definition) is 3. The van der Waals surface area contributed by atoms with Crippen molar-refractivity contribution < 1.29 is 19.4 Å². The third-order valence-corrected chi connectivity index (χ3v) is 2.84. The van der Waals surface area contributed by atoms with E-state index in [4.69, 9.17) is 9.52 Å². The van der Waals surface area contributed by atoms with Crippen LogP contribution in [0.1, 0.15) is 5.69 Å². The zero-order valence-corrected chi connectivity index (χ0v) is 11.2. The second-order valence-electron chi connectivity index (χ2n) is 3.89. The van der Waals surface area contributed by atoms with Gasteiger partial charge in [0.15, 0.2) is 11.7 Å². The number of carboxylic acid groups (broad SMARTS) is 1. The van der Waals surface area contributed by atoms with Gasteiger partial charge in [0, 0.05) is 11.3 Å². The minimum absolute atomic E-state index is 0.0516. The first kappa shape index (κ1) is 14.1. The molecule has 104 valence electrons. The molecule has 1 aromatic heterocycles. The summed E-state index contributed by atoms with van der Waals surface area (Å²) in [6.45, 7) is 0. The molecular weight excluding hydrogens is 280 g/mol. The molecule has 0 spiro atoms. The van der Waals surface area contributed by atoms with Gasteiger partial charge in [0.25, 0.3) is 0 Å². The van der Waals surface area contributed by atoms with Gasteiger partial charge in [0.05, 0.1) is 6.21 Å². The van der Waals surface area contributed by atoms with Crippen LogP contribution in [0.2, 0.25) is 0 Å². The molecule has 1 atom stereocenters. The summed E-state index contributed by atoms with van der Waals surface area (Å²) >= 11 is 3.89. The van der Waals surface area contributed by atoms with E-state index in [9.17, 15) is 9.90 Å².